The molecule has 1 aliphatic carbocycles. The van der Waals surface area contributed by atoms with Gasteiger partial charge in [-0.1, -0.05) is 6.07 Å². The van der Waals surface area contributed by atoms with Gasteiger partial charge >= 0.3 is 0 Å². The summed E-state index contributed by atoms with van der Waals surface area (Å²) >= 11 is 0. The molecule has 0 unspecified atom stereocenters. The number of carbonyl (C=O) groups is 2. The lowest BCUT2D eigenvalue weighted by Gasteiger charge is -2.31. The van der Waals surface area contributed by atoms with Crippen LogP contribution in [-0.2, 0) is 14.3 Å². The second-order valence-electron chi connectivity index (χ2n) is 8.24. The highest BCUT2D eigenvalue weighted by molar-refractivity contribution is 5.99. The highest BCUT2D eigenvalue weighted by Gasteiger charge is 2.38. The van der Waals surface area contributed by atoms with Crippen molar-refractivity contribution in [2.45, 2.75) is 32.1 Å². The van der Waals surface area contributed by atoms with Crippen LogP contribution in [0.1, 0.15) is 37.7 Å². The van der Waals surface area contributed by atoms with Crippen molar-refractivity contribution in [1.29, 1.82) is 5.26 Å². The molecule has 0 spiro atoms. The number of allylic oxidation sites excluding steroid dienone is 3. The van der Waals surface area contributed by atoms with Crippen LogP contribution in [0.5, 0.6) is 17.2 Å². The first-order valence-corrected chi connectivity index (χ1v) is 11.6. The molecular formula is C27H27N3O6. The molecule has 2 aromatic rings. The van der Waals surface area contributed by atoms with Gasteiger partial charge in [-0.05, 0) is 55.3 Å². The topological polar surface area (TPSA) is 133 Å². The van der Waals surface area contributed by atoms with Crippen LogP contribution in [0.15, 0.2) is 65.3 Å². The molecule has 9 nitrogen and oxygen atoms in total. The minimum atomic E-state index is -0.654. The fourth-order valence-electron chi connectivity index (χ4n) is 4.30. The van der Waals surface area contributed by atoms with E-state index < -0.39 is 5.92 Å². The Hall–Kier alpha value is -4.45. The zero-order valence-corrected chi connectivity index (χ0v) is 20.1. The van der Waals surface area contributed by atoms with Crippen LogP contribution in [0.4, 0.5) is 5.69 Å². The average Bonchev–Trinajstić information content (AvgIpc) is 2.88. The first kappa shape index (κ1) is 24.7. The molecule has 36 heavy (non-hydrogen) atoms. The Kier molecular flexibility index (Phi) is 7.44. The van der Waals surface area contributed by atoms with Gasteiger partial charge in [0.05, 0.1) is 19.6 Å². The van der Waals surface area contributed by atoms with E-state index in [2.05, 4.69) is 11.4 Å². The van der Waals surface area contributed by atoms with Crippen LogP contribution < -0.4 is 25.3 Å². The fraction of sp³-hybridized carbons (Fsp3) is 0.296. The van der Waals surface area contributed by atoms with E-state index in [0.29, 0.717) is 65.7 Å². The molecule has 0 saturated carbocycles. The van der Waals surface area contributed by atoms with E-state index in [9.17, 15) is 14.9 Å². The van der Waals surface area contributed by atoms with Gasteiger partial charge in [0.2, 0.25) is 5.88 Å². The van der Waals surface area contributed by atoms with Crippen molar-refractivity contribution in [2.75, 3.05) is 25.6 Å². The maximum atomic E-state index is 12.8. The van der Waals surface area contributed by atoms with Gasteiger partial charge in [0.1, 0.15) is 23.2 Å². The number of carbonyl (C=O) groups excluding carboxylic acids is 2. The number of Topliss-reactive ketones (excluding diaryl/α,β-unsaturated/α-hetero) is 1. The number of nitrogens with zero attached hydrogens (tertiary/aromatic N) is 1. The first-order valence-electron chi connectivity index (χ1n) is 11.6. The molecule has 0 aromatic heterocycles. The summed E-state index contributed by atoms with van der Waals surface area (Å²) in [7, 11) is 1.57. The van der Waals surface area contributed by atoms with Gasteiger partial charge in [-0.2, -0.15) is 5.26 Å². The minimum Gasteiger partial charge on any atom is -0.497 e. The van der Waals surface area contributed by atoms with Crippen LogP contribution >= 0.6 is 0 Å². The normalized spacial score (nSPS) is 17.0. The van der Waals surface area contributed by atoms with Crippen molar-refractivity contribution < 1.29 is 28.5 Å². The SMILES string of the molecule is CCOc1cc([C@@H]2C(C#N)=C(N)OC3=C2C(=O)CCC3)ccc1OCC(=O)Nc1ccc(OC)cc1. The molecule has 0 bridgehead atoms. The number of hydrogen-bond donors (Lipinski definition) is 2. The van der Waals surface area contributed by atoms with E-state index in [1.807, 2.05) is 6.92 Å². The Morgan fingerprint density at radius 1 is 1.17 bits per heavy atom. The van der Waals surface area contributed by atoms with Crippen LogP contribution in [0.3, 0.4) is 0 Å². The van der Waals surface area contributed by atoms with Gasteiger partial charge in [0, 0.05) is 24.1 Å². The maximum Gasteiger partial charge on any atom is 0.262 e. The van der Waals surface area contributed by atoms with Crippen molar-refractivity contribution in [2.24, 2.45) is 5.73 Å². The molecule has 0 saturated heterocycles. The summed E-state index contributed by atoms with van der Waals surface area (Å²) in [6.07, 6.45) is 1.65. The van der Waals surface area contributed by atoms with Gasteiger partial charge in [-0.25, -0.2) is 0 Å². The molecular weight excluding hydrogens is 462 g/mol. The van der Waals surface area contributed by atoms with E-state index in [-0.39, 0.29) is 29.8 Å². The number of nitrogens with one attached hydrogen (secondary N) is 1. The quantitative estimate of drug-likeness (QED) is 0.570. The van der Waals surface area contributed by atoms with Gasteiger partial charge in [-0.3, -0.25) is 9.59 Å². The van der Waals surface area contributed by atoms with Gasteiger partial charge < -0.3 is 30.0 Å². The molecule has 0 fully saturated rings. The third-order valence-electron chi connectivity index (χ3n) is 5.94. The Bertz CT molecular complexity index is 1270. The van der Waals surface area contributed by atoms with Crippen LogP contribution in [0.2, 0.25) is 0 Å². The van der Waals surface area contributed by atoms with Crippen molar-refractivity contribution >= 4 is 17.4 Å². The predicted octanol–water partition coefficient (Wildman–Crippen LogP) is 3.93. The number of nitrogens with two attached hydrogens (primary N) is 1. The Morgan fingerprint density at radius 3 is 2.64 bits per heavy atom. The van der Waals surface area contributed by atoms with Gasteiger partial charge in [-0.15, -0.1) is 0 Å². The molecule has 1 heterocycles. The molecule has 1 atom stereocenters. The average molecular weight is 490 g/mol. The van der Waals surface area contributed by atoms with Crippen molar-refractivity contribution in [1.82, 2.24) is 0 Å². The molecule has 186 valence electrons. The summed E-state index contributed by atoms with van der Waals surface area (Å²) < 4.78 is 22.3. The zero-order valence-electron chi connectivity index (χ0n) is 20.1. The van der Waals surface area contributed by atoms with Crippen molar-refractivity contribution in [3.63, 3.8) is 0 Å². The number of hydrogen-bond acceptors (Lipinski definition) is 8. The smallest absolute Gasteiger partial charge is 0.262 e. The van der Waals surface area contributed by atoms with Crippen LogP contribution in [0, 0.1) is 11.3 Å². The molecule has 3 N–H and O–H groups in total. The maximum absolute atomic E-state index is 12.8. The highest BCUT2D eigenvalue weighted by Crippen LogP contribution is 2.45. The van der Waals surface area contributed by atoms with Crippen LogP contribution in [0.25, 0.3) is 0 Å². The third kappa shape index (κ3) is 5.13. The lowest BCUT2D eigenvalue weighted by Crippen LogP contribution is -2.27. The minimum absolute atomic E-state index is 0.00411. The lowest BCUT2D eigenvalue weighted by atomic mass is 9.77. The number of benzene rings is 2. The summed E-state index contributed by atoms with van der Waals surface area (Å²) in [4.78, 5) is 25.2. The second-order valence-corrected chi connectivity index (χ2v) is 8.24. The first-order chi connectivity index (χ1) is 17.4. The summed E-state index contributed by atoms with van der Waals surface area (Å²) in [6.45, 7) is 1.93. The largest absolute Gasteiger partial charge is 0.497 e. The van der Waals surface area contributed by atoms with E-state index in [1.165, 1.54) is 0 Å². The molecule has 4 rings (SSSR count). The van der Waals surface area contributed by atoms with E-state index in [1.54, 1.807) is 49.6 Å². The zero-order chi connectivity index (χ0) is 25.7. The predicted molar refractivity (Wildman–Crippen MR) is 131 cm³/mol. The highest BCUT2D eigenvalue weighted by atomic mass is 16.5. The number of amides is 1. The molecule has 1 aliphatic heterocycles. The van der Waals surface area contributed by atoms with Gasteiger partial charge in [0.15, 0.2) is 23.9 Å². The molecule has 1 amide bonds. The van der Waals surface area contributed by atoms with Crippen molar-refractivity contribution in [3.05, 3.63) is 70.8 Å². The van der Waals surface area contributed by atoms with E-state index >= 15 is 0 Å². The lowest BCUT2D eigenvalue weighted by molar-refractivity contribution is -0.118. The third-order valence-corrected chi connectivity index (χ3v) is 5.94. The summed E-state index contributed by atoms with van der Waals surface area (Å²) in [5.74, 6) is 0.890. The second kappa shape index (κ2) is 10.9. The molecule has 0 radical (unpaired) electrons. The number of ether oxygens (including phenoxy) is 4. The number of anilines is 1. The number of methoxy groups -OCH3 is 1. The Morgan fingerprint density at radius 2 is 1.94 bits per heavy atom. The van der Waals surface area contributed by atoms with E-state index in [0.717, 1.165) is 0 Å². The summed E-state index contributed by atoms with van der Waals surface area (Å²) in [5.41, 5.74) is 7.94. The Labute approximate surface area is 209 Å². The van der Waals surface area contributed by atoms with Crippen LogP contribution in [-0.4, -0.2) is 32.0 Å². The number of nitriles is 1. The fourth-order valence-corrected chi connectivity index (χ4v) is 4.30. The monoisotopic (exact) mass is 489 g/mol. The summed E-state index contributed by atoms with van der Waals surface area (Å²) in [5, 5.41) is 12.5. The standard InChI is InChI=1S/C27H27N3O6/c1-3-34-23-13-16(25-19(14-28)27(29)36-22-6-4-5-20(31)26(22)25)7-12-21(23)35-15-24(32)30-17-8-10-18(33-2)11-9-17/h7-13,25H,3-6,15,29H2,1-2H3,(H,30,32)/t25-/m1/s1. The number of rotatable bonds is 8. The van der Waals surface area contributed by atoms with Crippen molar-refractivity contribution in [3.8, 4) is 23.3 Å². The number of ketones is 1. The van der Waals surface area contributed by atoms with Gasteiger partial charge in [0.25, 0.3) is 5.91 Å². The van der Waals surface area contributed by atoms with E-state index in [4.69, 9.17) is 24.7 Å². The molecule has 9 heteroatoms. The Balaban J connectivity index is 1.56. The summed E-state index contributed by atoms with van der Waals surface area (Å²) in [6, 6.07) is 14.2. The molecule has 2 aromatic carbocycles. The molecule has 2 aliphatic rings.